The summed E-state index contributed by atoms with van der Waals surface area (Å²) in [5.74, 6) is 0.877. The van der Waals surface area contributed by atoms with Crippen molar-refractivity contribution in [3.8, 4) is 11.5 Å². The number of benzene rings is 3. The van der Waals surface area contributed by atoms with Crippen molar-refractivity contribution in [1.29, 1.82) is 0 Å². The zero-order chi connectivity index (χ0) is 23.1. The molecule has 0 aromatic heterocycles. The molecule has 7 heteroatoms. The van der Waals surface area contributed by atoms with Gasteiger partial charge in [-0.25, -0.2) is 0 Å². The molecule has 166 valence electrons. The smallest absolute Gasteiger partial charge is 0.255 e. The number of hydrogen-bond acceptors (Lipinski definition) is 5. The largest absolute Gasteiger partial charge is 0.497 e. The predicted molar refractivity (Wildman–Crippen MR) is 129 cm³/mol. The van der Waals surface area contributed by atoms with E-state index in [1.165, 1.54) is 11.8 Å². The van der Waals surface area contributed by atoms with Gasteiger partial charge in [0.25, 0.3) is 5.91 Å². The summed E-state index contributed by atoms with van der Waals surface area (Å²) in [6.45, 7) is 3.82. The van der Waals surface area contributed by atoms with Crippen LogP contribution in [0.3, 0.4) is 0 Å². The zero-order valence-corrected chi connectivity index (χ0v) is 19.3. The molecule has 0 heterocycles. The highest BCUT2D eigenvalue weighted by Crippen LogP contribution is 2.31. The van der Waals surface area contributed by atoms with Crippen LogP contribution in [0.1, 0.15) is 22.8 Å². The average molecular weight is 451 g/mol. The highest BCUT2D eigenvalue weighted by Gasteiger charge is 2.17. The standard InChI is InChI=1S/C25H26N2O4S/c1-16-5-7-18(8-6-16)25(29)26-19-9-12-21(13-10-19)32-17(2)24(28)27-22-14-11-20(30-3)15-23(22)31-4/h5-15,17H,1-4H3,(H,26,29)(H,27,28). The van der Waals surface area contributed by atoms with Crippen LogP contribution in [-0.4, -0.2) is 31.3 Å². The normalized spacial score (nSPS) is 11.4. The van der Waals surface area contributed by atoms with Gasteiger partial charge < -0.3 is 20.1 Å². The molecule has 3 aromatic carbocycles. The Labute approximate surface area is 192 Å². The van der Waals surface area contributed by atoms with E-state index in [1.807, 2.05) is 50.2 Å². The van der Waals surface area contributed by atoms with Crippen molar-refractivity contribution < 1.29 is 19.1 Å². The molecule has 0 fully saturated rings. The molecule has 0 spiro atoms. The van der Waals surface area contributed by atoms with Gasteiger partial charge in [0.1, 0.15) is 11.5 Å². The van der Waals surface area contributed by atoms with E-state index >= 15 is 0 Å². The Hall–Kier alpha value is -3.45. The molecule has 0 radical (unpaired) electrons. The zero-order valence-electron chi connectivity index (χ0n) is 18.5. The third-order valence-electron chi connectivity index (χ3n) is 4.77. The maximum Gasteiger partial charge on any atom is 0.255 e. The van der Waals surface area contributed by atoms with Gasteiger partial charge in [0.05, 0.1) is 25.2 Å². The van der Waals surface area contributed by atoms with E-state index in [4.69, 9.17) is 9.47 Å². The lowest BCUT2D eigenvalue weighted by molar-refractivity contribution is -0.115. The number of carbonyl (C=O) groups excluding carboxylic acids is 2. The summed E-state index contributed by atoms with van der Waals surface area (Å²) in [6, 6.07) is 20.1. The summed E-state index contributed by atoms with van der Waals surface area (Å²) in [6.07, 6.45) is 0. The van der Waals surface area contributed by atoms with Crippen molar-refractivity contribution in [2.45, 2.75) is 24.0 Å². The molecule has 0 aliphatic rings. The Balaban J connectivity index is 1.58. The van der Waals surface area contributed by atoms with Gasteiger partial charge in [-0.15, -0.1) is 11.8 Å². The third-order valence-corrected chi connectivity index (χ3v) is 5.89. The second-order valence-electron chi connectivity index (χ2n) is 7.16. The summed E-state index contributed by atoms with van der Waals surface area (Å²) in [4.78, 5) is 25.9. The third kappa shape index (κ3) is 6.04. The summed E-state index contributed by atoms with van der Waals surface area (Å²) < 4.78 is 10.5. The van der Waals surface area contributed by atoms with Crippen LogP contribution in [0.4, 0.5) is 11.4 Å². The maximum atomic E-state index is 12.7. The predicted octanol–water partition coefficient (Wildman–Crippen LogP) is 5.38. The van der Waals surface area contributed by atoms with Gasteiger partial charge in [-0.3, -0.25) is 9.59 Å². The molecule has 1 atom stereocenters. The molecule has 2 amide bonds. The van der Waals surface area contributed by atoms with Crippen molar-refractivity contribution in [3.63, 3.8) is 0 Å². The molecule has 3 rings (SSSR count). The first-order valence-corrected chi connectivity index (χ1v) is 10.9. The van der Waals surface area contributed by atoms with E-state index in [0.29, 0.717) is 28.4 Å². The van der Waals surface area contributed by atoms with E-state index in [2.05, 4.69) is 10.6 Å². The van der Waals surface area contributed by atoms with Crippen LogP contribution in [0.15, 0.2) is 71.6 Å². The van der Waals surface area contributed by atoms with Crippen LogP contribution in [-0.2, 0) is 4.79 Å². The first kappa shape index (κ1) is 23.2. The molecule has 0 saturated heterocycles. The number of hydrogen-bond donors (Lipinski definition) is 2. The van der Waals surface area contributed by atoms with Gasteiger partial charge in [0.15, 0.2) is 0 Å². The Morgan fingerprint density at radius 2 is 1.56 bits per heavy atom. The van der Waals surface area contributed by atoms with Crippen molar-refractivity contribution in [1.82, 2.24) is 0 Å². The van der Waals surface area contributed by atoms with Gasteiger partial charge in [-0.05, 0) is 62.4 Å². The minimum absolute atomic E-state index is 0.143. The molecule has 3 aromatic rings. The van der Waals surface area contributed by atoms with Crippen LogP contribution >= 0.6 is 11.8 Å². The lowest BCUT2D eigenvalue weighted by Crippen LogP contribution is -2.22. The fourth-order valence-corrected chi connectivity index (χ4v) is 3.79. The van der Waals surface area contributed by atoms with Gasteiger partial charge in [0.2, 0.25) is 5.91 Å². The number of aryl methyl sites for hydroxylation is 1. The topological polar surface area (TPSA) is 76.7 Å². The SMILES string of the molecule is COc1ccc(NC(=O)C(C)Sc2ccc(NC(=O)c3ccc(C)cc3)cc2)c(OC)c1. The van der Waals surface area contributed by atoms with Crippen LogP contribution in [0.5, 0.6) is 11.5 Å². The Morgan fingerprint density at radius 1 is 0.875 bits per heavy atom. The lowest BCUT2D eigenvalue weighted by atomic mass is 10.1. The molecule has 0 aliphatic heterocycles. The first-order chi connectivity index (χ1) is 15.4. The van der Waals surface area contributed by atoms with Gasteiger partial charge in [0, 0.05) is 22.2 Å². The van der Waals surface area contributed by atoms with E-state index in [9.17, 15) is 9.59 Å². The Bertz CT molecular complexity index is 1080. The van der Waals surface area contributed by atoms with Crippen LogP contribution in [0.25, 0.3) is 0 Å². The second kappa shape index (κ2) is 10.7. The number of methoxy groups -OCH3 is 2. The summed E-state index contributed by atoms with van der Waals surface area (Å²) in [7, 11) is 3.12. The fraction of sp³-hybridized carbons (Fsp3) is 0.200. The molecular weight excluding hydrogens is 424 g/mol. The van der Waals surface area contributed by atoms with E-state index in [-0.39, 0.29) is 17.1 Å². The van der Waals surface area contributed by atoms with E-state index < -0.39 is 0 Å². The lowest BCUT2D eigenvalue weighted by Gasteiger charge is -2.15. The van der Waals surface area contributed by atoms with Crippen LogP contribution in [0, 0.1) is 6.92 Å². The van der Waals surface area contributed by atoms with E-state index in [1.54, 1.807) is 44.6 Å². The number of anilines is 2. The molecule has 1 unspecified atom stereocenters. The highest BCUT2D eigenvalue weighted by molar-refractivity contribution is 8.00. The minimum Gasteiger partial charge on any atom is -0.497 e. The highest BCUT2D eigenvalue weighted by atomic mass is 32.2. The molecule has 0 bridgehead atoms. The van der Waals surface area contributed by atoms with Gasteiger partial charge in [-0.1, -0.05) is 17.7 Å². The number of rotatable bonds is 8. The number of carbonyl (C=O) groups is 2. The van der Waals surface area contributed by atoms with Crippen LogP contribution < -0.4 is 20.1 Å². The average Bonchev–Trinajstić information content (AvgIpc) is 2.80. The summed E-state index contributed by atoms with van der Waals surface area (Å²) in [5.41, 5.74) is 2.99. The van der Waals surface area contributed by atoms with E-state index in [0.717, 1.165) is 10.5 Å². The van der Waals surface area contributed by atoms with Crippen molar-refractivity contribution in [2.75, 3.05) is 24.9 Å². The molecule has 0 aliphatic carbocycles. The maximum absolute atomic E-state index is 12.7. The minimum atomic E-state index is -0.338. The van der Waals surface area contributed by atoms with Crippen molar-refractivity contribution in [2.24, 2.45) is 0 Å². The van der Waals surface area contributed by atoms with Gasteiger partial charge >= 0.3 is 0 Å². The van der Waals surface area contributed by atoms with Crippen molar-refractivity contribution in [3.05, 3.63) is 77.9 Å². The molecular formula is C25H26N2O4S. The van der Waals surface area contributed by atoms with Crippen LogP contribution in [0.2, 0.25) is 0 Å². The Kier molecular flexibility index (Phi) is 7.78. The molecule has 6 nitrogen and oxygen atoms in total. The molecule has 2 N–H and O–H groups in total. The van der Waals surface area contributed by atoms with Crippen molar-refractivity contribution >= 4 is 35.0 Å². The fourth-order valence-electron chi connectivity index (χ4n) is 2.92. The summed E-state index contributed by atoms with van der Waals surface area (Å²) in [5, 5.41) is 5.44. The Morgan fingerprint density at radius 3 is 2.19 bits per heavy atom. The van der Waals surface area contributed by atoms with Gasteiger partial charge in [-0.2, -0.15) is 0 Å². The number of nitrogens with one attached hydrogen (secondary N) is 2. The molecule has 32 heavy (non-hydrogen) atoms. The number of ether oxygens (including phenoxy) is 2. The number of amides is 2. The monoisotopic (exact) mass is 450 g/mol. The first-order valence-electron chi connectivity index (χ1n) is 10.1. The molecule has 0 saturated carbocycles. The number of thioether (sulfide) groups is 1. The quantitative estimate of drug-likeness (QED) is 0.451. The second-order valence-corrected chi connectivity index (χ2v) is 8.57. The summed E-state index contributed by atoms with van der Waals surface area (Å²) >= 11 is 1.43.